The molecule has 1 aromatic heterocycles. The summed E-state index contributed by atoms with van der Waals surface area (Å²) >= 11 is 0. The summed E-state index contributed by atoms with van der Waals surface area (Å²) < 4.78 is 10.9. The summed E-state index contributed by atoms with van der Waals surface area (Å²) in [7, 11) is 0. The fraction of sp³-hybridized carbons (Fsp3) is 0.667. The standard InChI is InChI=1S/C12H17NO2/c1-8(9-4-5-14-7-9)13-11-6-10-2-3-12(11)15-10/h4-5,7-8,10-13H,2-3,6H2,1H3. The molecule has 15 heavy (non-hydrogen) atoms. The third-order valence-corrected chi connectivity index (χ3v) is 3.61. The van der Waals surface area contributed by atoms with Crippen molar-refractivity contribution in [2.75, 3.05) is 0 Å². The molecular weight excluding hydrogens is 190 g/mol. The average molecular weight is 207 g/mol. The Kier molecular flexibility index (Phi) is 2.29. The zero-order chi connectivity index (χ0) is 10.3. The second kappa shape index (κ2) is 3.65. The highest BCUT2D eigenvalue weighted by molar-refractivity contribution is 5.11. The van der Waals surface area contributed by atoms with Crippen molar-refractivity contribution in [3.8, 4) is 0 Å². The molecule has 2 saturated heterocycles. The predicted molar refractivity (Wildman–Crippen MR) is 56.6 cm³/mol. The fourth-order valence-corrected chi connectivity index (χ4v) is 2.75. The minimum Gasteiger partial charge on any atom is -0.472 e. The van der Waals surface area contributed by atoms with Gasteiger partial charge in [0.25, 0.3) is 0 Å². The molecule has 0 spiro atoms. The molecule has 3 heteroatoms. The molecular formula is C12H17NO2. The van der Waals surface area contributed by atoms with Crippen LogP contribution in [0.3, 0.4) is 0 Å². The van der Waals surface area contributed by atoms with E-state index in [4.69, 9.17) is 9.15 Å². The number of hydrogen-bond donors (Lipinski definition) is 1. The molecule has 1 N–H and O–H groups in total. The van der Waals surface area contributed by atoms with Gasteiger partial charge in [-0.1, -0.05) is 0 Å². The van der Waals surface area contributed by atoms with E-state index in [1.807, 2.05) is 12.3 Å². The maximum Gasteiger partial charge on any atom is 0.0950 e. The van der Waals surface area contributed by atoms with Gasteiger partial charge in [0.2, 0.25) is 0 Å². The molecule has 3 nitrogen and oxygen atoms in total. The van der Waals surface area contributed by atoms with Gasteiger partial charge in [-0.15, -0.1) is 0 Å². The van der Waals surface area contributed by atoms with Gasteiger partial charge in [0, 0.05) is 17.6 Å². The van der Waals surface area contributed by atoms with Crippen LogP contribution in [-0.4, -0.2) is 18.2 Å². The number of furan rings is 1. The van der Waals surface area contributed by atoms with Crippen LogP contribution >= 0.6 is 0 Å². The largest absolute Gasteiger partial charge is 0.472 e. The Morgan fingerprint density at radius 3 is 3.00 bits per heavy atom. The van der Waals surface area contributed by atoms with Crippen LogP contribution in [0.1, 0.15) is 37.8 Å². The summed E-state index contributed by atoms with van der Waals surface area (Å²) in [4.78, 5) is 0. The van der Waals surface area contributed by atoms with Gasteiger partial charge in [0.1, 0.15) is 0 Å². The lowest BCUT2D eigenvalue weighted by Crippen LogP contribution is -2.38. The van der Waals surface area contributed by atoms with E-state index in [2.05, 4.69) is 12.2 Å². The lowest BCUT2D eigenvalue weighted by atomic mass is 9.94. The van der Waals surface area contributed by atoms with E-state index in [-0.39, 0.29) is 0 Å². The van der Waals surface area contributed by atoms with Crippen LogP contribution < -0.4 is 5.32 Å². The molecule has 3 heterocycles. The second-order valence-corrected chi connectivity index (χ2v) is 4.66. The van der Waals surface area contributed by atoms with Crippen LogP contribution in [0.5, 0.6) is 0 Å². The number of nitrogens with one attached hydrogen (secondary N) is 1. The van der Waals surface area contributed by atoms with E-state index < -0.39 is 0 Å². The highest BCUT2D eigenvalue weighted by Gasteiger charge is 2.40. The van der Waals surface area contributed by atoms with Gasteiger partial charge in [-0.25, -0.2) is 0 Å². The highest BCUT2D eigenvalue weighted by Crippen LogP contribution is 2.35. The van der Waals surface area contributed by atoms with Crippen LogP contribution in [0.2, 0.25) is 0 Å². The van der Waals surface area contributed by atoms with E-state index in [0.717, 1.165) is 0 Å². The molecule has 2 fully saturated rings. The topological polar surface area (TPSA) is 34.4 Å². The number of rotatable bonds is 3. The Morgan fingerprint density at radius 2 is 2.40 bits per heavy atom. The number of hydrogen-bond acceptors (Lipinski definition) is 3. The van der Waals surface area contributed by atoms with Gasteiger partial charge < -0.3 is 14.5 Å². The van der Waals surface area contributed by atoms with Crippen LogP contribution in [0.15, 0.2) is 23.0 Å². The zero-order valence-electron chi connectivity index (χ0n) is 8.98. The first kappa shape index (κ1) is 9.43. The normalized spacial score (nSPS) is 35.9. The highest BCUT2D eigenvalue weighted by atomic mass is 16.5. The van der Waals surface area contributed by atoms with Crippen molar-refractivity contribution < 1.29 is 9.15 Å². The molecule has 0 aromatic carbocycles. The first-order chi connectivity index (χ1) is 7.33. The molecule has 0 aliphatic carbocycles. The van der Waals surface area contributed by atoms with E-state index in [0.29, 0.717) is 24.3 Å². The molecule has 3 rings (SSSR count). The van der Waals surface area contributed by atoms with Gasteiger partial charge in [-0.05, 0) is 32.3 Å². The van der Waals surface area contributed by atoms with Crippen LogP contribution in [0, 0.1) is 0 Å². The SMILES string of the molecule is CC(NC1CC2CCC1O2)c1ccoc1. The summed E-state index contributed by atoms with van der Waals surface area (Å²) in [6.07, 6.45) is 8.15. The number of ether oxygens (including phenoxy) is 1. The Labute approximate surface area is 89.8 Å². The molecule has 82 valence electrons. The summed E-state index contributed by atoms with van der Waals surface area (Å²) in [5, 5.41) is 3.63. The van der Waals surface area contributed by atoms with E-state index in [1.54, 1.807) is 6.26 Å². The fourth-order valence-electron chi connectivity index (χ4n) is 2.75. The van der Waals surface area contributed by atoms with Crippen molar-refractivity contribution in [3.63, 3.8) is 0 Å². The summed E-state index contributed by atoms with van der Waals surface area (Å²) in [5.41, 5.74) is 1.22. The molecule has 0 amide bonds. The van der Waals surface area contributed by atoms with Gasteiger partial charge >= 0.3 is 0 Å². The molecule has 0 radical (unpaired) electrons. The summed E-state index contributed by atoms with van der Waals surface area (Å²) in [6.45, 7) is 2.18. The molecule has 4 unspecified atom stereocenters. The molecule has 0 saturated carbocycles. The van der Waals surface area contributed by atoms with Crippen LogP contribution in [-0.2, 0) is 4.74 Å². The molecule has 1 aromatic rings. The van der Waals surface area contributed by atoms with Crippen molar-refractivity contribution in [2.45, 2.75) is 50.5 Å². The maximum atomic E-state index is 5.82. The Balaban J connectivity index is 1.62. The minimum atomic E-state index is 0.358. The summed E-state index contributed by atoms with van der Waals surface area (Å²) in [6, 6.07) is 2.91. The second-order valence-electron chi connectivity index (χ2n) is 4.66. The van der Waals surface area contributed by atoms with Crippen molar-refractivity contribution in [1.29, 1.82) is 0 Å². The lowest BCUT2D eigenvalue weighted by Gasteiger charge is -2.23. The molecule has 2 aliphatic rings. The third kappa shape index (κ3) is 1.70. The Bertz CT molecular complexity index is 322. The van der Waals surface area contributed by atoms with E-state index in [1.165, 1.54) is 24.8 Å². The van der Waals surface area contributed by atoms with E-state index >= 15 is 0 Å². The molecule has 4 atom stereocenters. The smallest absolute Gasteiger partial charge is 0.0950 e. The van der Waals surface area contributed by atoms with Crippen molar-refractivity contribution in [2.24, 2.45) is 0 Å². The van der Waals surface area contributed by atoms with Gasteiger partial charge in [-0.3, -0.25) is 0 Å². The molecule has 2 bridgehead atoms. The van der Waals surface area contributed by atoms with Gasteiger partial charge in [0.15, 0.2) is 0 Å². The van der Waals surface area contributed by atoms with Crippen LogP contribution in [0.4, 0.5) is 0 Å². The van der Waals surface area contributed by atoms with E-state index in [9.17, 15) is 0 Å². The predicted octanol–water partition coefficient (Wildman–Crippen LogP) is 2.25. The lowest BCUT2D eigenvalue weighted by molar-refractivity contribution is 0.0962. The Morgan fingerprint density at radius 1 is 1.47 bits per heavy atom. The van der Waals surface area contributed by atoms with Crippen LogP contribution in [0.25, 0.3) is 0 Å². The first-order valence-electron chi connectivity index (χ1n) is 5.76. The minimum absolute atomic E-state index is 0.358. The number of fused-ring (bicyclic) bond motifs is 2. The summed E-state index contributed by atoms with van der Waals surface area (Å²) in [5.74, 6) is 0. The monoisotopic (exact) mass is 207 g/mol. The zero-order valence-corrected chi connectivity index (χ0v) is 8.98. The van der Waals surface area contributed by atoms with Crippen molar-refractivity contribution >= 4 is 0 Å². The van der Waals surface area contributed by atoms with Gasteiger partial charge in [0.05, 0.1) is 24.7 Å². The Hall–Kier alpha value is -0.800. The third-order valence-electron chi connectivity index (χ3n) is 3.61. The average Bonchev–Trinajstić information content (AvgIpc) is 2.95. The van der Waals surface area contributed by atoms with Crippen molar-refractivity contribution in [1.82, 2.24) is 5.32 Å². The van der Waals surface area contributed by atoms with Crippen molar-refractivity contribution in [3.05, 3.63) is 24.2 Å². The molecule has 2 aliphatic heterocycles. The van der Waals surface area contributed by atoms with Gasteiger partial charge in [-0.2, -0.15) is 0 Å². The maximum absolute atomic E-state index is 5.82. The quantitative estimate of drug-likeness (QED) is 0.825. The first-order valence-corrected chi connectivity index (χ1v) is 5.76.